The summed E-state index contributed by atoms with van der Waals surface area (Å²) in [7, 11) is 0. The minimum atomic E-state index is 1.01. The molecule has 2 aromatic rings. The van der Waals surface area contributed by atoms with Gasteiger partial charge >= 0.3 is 0 Å². The lowest BCUT2D eigenvalue weighted by atomic mass is 10.1. The first-order valence-electron chi connectivity index (χ1n) is 10.3. The molecule has 0 radical (unpaired) electrons. The number of rotatable bonds is 8. The zero-order chi connectivity index (χ0) is 19.9. The zero-order valence-electron chi connectivity index (χ0n) is 17.2. The van der Waals surface area contributed by atoms with Crippen LogP contribution in [0.25, 0.3) is 0 Å². The summed E-state index contributed by atoms with van der Waals surface area (Å²) in [6, 6.07) is 16.9. The van der Waals surface area contributed by atoms with Crippen LogP contribution in [-0.4, -0.2) is 0 Å². The Labute approximate surface area is 171 Å². The van der Waals surface area contributed by atoms with Gasteiger partial charge in [-0.25, -0.2) is 0 Å². The molecule has 28 heavy (non-hydrogen) atoms. The second kappa shape index (κ2) is 13.2. The molecule has 0 aliphatic carbocycles. The van der Waals surface area contributed by atoms with E-state index in [9.17, 15) is 0 Å². The molecule has 0 heterocycles. The van der Waals surface area contributed by atoms with Crippen LogP contribution in [-0.2, 0) is 12.8 Å². The van der Waals surface area contributed by atoms with Crippen LogP contribution in [0, 0.1) is 23.7 Å². The first-order chi connectivity index (χ1) is 13.8. The molecule has 2 rings (SSSR count). The maximum atomic E-state index is 3.12. The summed E-state index contributed by atoms with van der Waals surface area (Å²) >= 11 is 0. The third kappa shape index (κ3) is 8.62. The highest BCUT2D eigenvalue weighted by atomic mass is 14.0. The molecule has 0 nitrogen and oxygen atoms in total. The fourth-order valence-electron chi connectivity index (χ4n) is 2.79. The van der Waals surface area contributed by atoms with Crippen molar-refractivity contribution in [3.05, 3.63) is 95.1 Å². The van der Waals surface area contributed by atoms with E-state index in [1.54, 1.807) is 0 Å². The molecule has 0 atom stereocenters. The average Bonchev–Trinajstić information content (AvgIpc) is 2.74. The van der Waals surface area contributed by atoms with E-state index in [0.717, 1.165) is 49.7 Å². The predicted molar refractivity (Wildman–Crippen MR) is 122 cm³/mol. The van der Waals surface area contributed by atoms with Crippen molar-refractivity contribution in [2.45, 2.75) is 52.4 Å². The zero-order valence-corrected chi connectivity index (χ0v) is 17.2. The van der Waals surface area contributed by atoms with Gasteiger partial charge in [-0.05, 0) is 85.8 Å². The fraction of sp³-hybridized carbons (Fsp3) is 0.286. The van der Waals surface area contributed by atoms with Crippen molar-refractivity contribution in [1.29, 1.82) is 0 Å². The van der Waals surface area contributed by atoms with Crippen LogP contribution in [0.5, 0.6) is 0 Å². The lowest BCUT2D eigenvalue weighted by Gasteiger charge is -1.98. The molecule has 0 bridgehead atoms. The smallest absolute Gasteiger partial charge is 0.0255 e. The molecule has 2 aromatic carbocycles. The van der Waals surface area contributed by atoms with Crippen LogP contribution < -0.4 is 0 Å². The van der Waals surface area contributed by atoms with E-state index in [4.69, 9.17) is 0 Å². The third-order valence-corrected chi connectivity index (χ3v) is 4.39. The van der Waals surface area contributed by atoms with Crippen molar-refractivity contribution in [3.63, 3.8) is 0 Å². The monoisotopic (exact) mass is 366 g/mol. The largest absolute Gasteiger partial charge is 0.0888 e. The number of benzene rings is 2. The van der Waals surface area contributed by atoms with Gasteiger partial charge in [-0.15, -0.1) is 0 Å². The number of aryl methyl sites for hydroxylation is 2. The normalized spacial score (nSPS) is 10.5. The van der Waals surface area contributed by atoms with E-state index in [2.05, 4.69) is 110 Å². The SMILES string of the molecule is CC/C=C/CCc1ccc(C#CC#Cc2ccc(CC/C=C/CC)cc2)cc1. The molecule has 0 amide bonds. The molecule has 0 aliphatic heterocycles. The Balaban J connectivity index is 1.84. The quantitative estimate of drug-likeness (QED) is 0.352. The molecule has 0 aromatic heterocycles. The van der Waals surface area contributed by atoms with E-state index in [1.165, 1.54) is 11.1 Å². The van der Waals surface area contributed by atoms with E-state index in [1.807, 2.05) is 0 Å². The van der Waals surface area contributed by atoms with Crippen molar-refractivity contribution >= 4 is 0 Å². The molecule has 0 unspecified atom stereocenters. The molecule has 0 N–H and O–H groups in total. The maximum Gasteiger partial charge on any atom is 0.0255 e. The Morgan fingerprint density at radius 1 is 0.571 bits per heavy atom. The summed E-state index contributed by atoms with van der Waals surface area (Å²) in [6.07, 6.45) is 15.5. The fourth-order valence-corrected chi connectivity index (χ4v) is 2.79. The van der Waals surface area contributed by atoms with Crippen molar-refractivity contribution in [2.24, 2.45) is 0 Å². The van der Waals surface area contributed by atoms with Crippen LogP contribution >= 0.6 is 0 Å². The predicted octanol–water partition coefficient (Wildman–Crippen LogP) is 6.89. The molecular weight excluding hydrogens is 336 g/mol. The molecule has 0 heteroatoms. The van der Waals surface area contributed by atoms with Crippen LogP contribution in [0.2, 0.25) is 0 Å². The molecule has 0 spiro atoms. The van der Waals surface area contributed by atoms with Gasteiger partial charge in [-0.1, -0.05) is 74.3 Å². The molecule has 0 fully saturated rings. The summed E-state index contributed by atoms with van der Waals surface area (Å²) in [5.74, 6) is 12.2. The maximum absolute atomic E-state index is 3.12. The second-order valence-electron chi connectivity index (χ2n) is 6.73. The number of allylic oxidation sites excluding steroid dienone is 4. The van der Waals surface area contributed by atoms with Gasteiger partial charge in [0.2, 0.25) is 0 Å². The van der Waals surface area contributed by atoms with Crippen molar-refractivity contribution in [2.75, 3.05) is 0 Å². The van der Waals surface area contributed by atoms with Crippen molar-refractivity contribution in [3.8, 4) is 23.7 Å². The summed E-state index contributed by atoms with van der Waals surface area (Å²) in [6.45, 7) is 4.32. The van der Waals surface area contributed by atoms with Gasteiger partial charge in [-0.3, -0.25) is 0 Å². The molecule has 142 valence electrons. The van der Waals surface area contributed by atoms with Gasteiger partial charge in [0.05, 0.1) is 0 Å². The number of hydrogen-bond donors (Lipinski definition) is 0. The summed E-state index contributed by atoms with van der Waals surface area (Å²) in [4.78, 5) is 0. The van der Waals surface area contributed by atoms with Gasteiger partial charge in [0.1, 0.15) is 0 Å². The van der Waals surface area contributed by atoms with Crippen LogP contribution in [0.4, 0.5) is 0 Å². The summed E-state index contributed by atoms with van der Waals surface area (Å²) in [5.41, 5.74) is 4.72. The Hall–Kier alpha value is -2.96. The van der Waals surface area contributed by atoms with E-state index in [-0.39, 0.29) is 0 Å². The van der Waals surface area contributed by atoms with Gasteiger partial charge in [0.15, 0.2) is 0 Å². The highest BCUT2D eigenvalue weighted by Gasteiger charge is 1.93. The van der Waals surface area contributed by atoms with Crippen LogP contribution in [0.1, 0.15) is 61.8 Å². The van der Waals surface area contributed by atoms with Gasteiger partial charge < -0.3 is 0 Å². The lowest BCUT2D eigenvalue weighted by Crippen LogP contribution is -1.84. The summed E-state index contributed by atoms with van der Waals surface area (Å²) < 4.78 is 0. The van der Waals surface area contributed by atoms with Crippen molar-refractivity contribution < 1.29 is 0 Å². The van der Waals surface area contributed by atoms with Gasteiger partial charge in [0, 0.05) is 11.1 Å². The Morgan fingerprint density at radius 2 is 0.964 bits per heavy atom. The Bertz CT molecular complexity index is 792. The minimum Gasteiger partial charge on any atom is -0.0888 e. The summed E-state index contributed by atoms with van der Waals surface area (Å²) in [5, 5.41) is 0. The first-order valence-corrected chi connectivity index (χ1v) is 10.3. The molecular formula is C28H30. The number of hydrogen-bond acceptors (Lipinski definition) is 0. The highest BCUT2D eigenvalue weighted by molar-refractivity contribution is 5.45. The minimum absolute atomic E-state index is 1.01. The standard InChI is InChI=1S/C28H30/c1-3-5-7-9-13-25-17-21-27(22-18-25)15-11-12-16-28-23-19-26(20-24-28)14-10-8-6-4-2/h5-8,17-24H,3-4,9-10,13-14H2,1-2H3/b7-5+,8-6+. The topological polar surface area (TPSA) is 0 Å². The van der Waals surface area contributed by atoms with Crippen LogP contribution in [0.3, 0.4) is 0 Å². The Kier molecular flexibility index (Phi) is 10.1. The molecule has 0 aliphatic rings. The van der Waals surface area contributed by atoms with Gasteiger partial charge in [0.25, 0.3) is 0 Å². The Morgan fingerprint density at radius 3 is 1.32 bits per heavy atom. The average molecular weight is 367 g/mol. The molecule has 0 saturated heterocycles. The van der Waals surface area contributed by atoms with Gasteiger partial charge in [-0.2, -0.15) is 0 Å². The van der Waals surface area contributed by atoms with E-state index >= 15 is 0 Å². The first kappa shape index (κ1) is 21.3. The highest BCUT2D eigenvalue weighted by Crippen LogP contribution is 2.08. The van der Waals surface area contributed by atoms with Crippen molar-refractivity contribution in [1.82, 2.24) is 0 Å². The second-order valence-corrected chi connectivity index (χ2v) is 6.73. The van der Waals surface area contributed by atoms with E-state index < -0.39 is 0 Å². The molecule has 0 saturated carbocycles. The third-order valence-electron chi connectivity index (χ3n) is 4.39. The van der Waals surface area contributed by atoms with E-state index in [0.29, 0.717) is 0 Å². The lowest BCUT2D eigenvalue weighted by molar-refractivity contribution is 0.992. The van der Waals surface area contributed by atoms with Crippen LogP contribution in [0.15, 0.2) is 72.8 Å².